The molecule has 0 radical (unpaired) electrons. The fourth-order valence-electron chi connectivity index (χ4n) is 6.53. The molecule has 72 heavy (non-hydrogen) atoms. The van der Waals surface area contributed by atoms with Crippen molar-refractivity contribution in [2.24, 2.45) is 17.6 Å². The van der Waals surface area contributed by atoms with Gasteiger partial charge in [0.25, 0.3) is 0 Å². The van der Waals surface area contributed by atoms with Crippen molar-refractivity contribution in [2.75, 3.05) is 0 Å². The second-order valence-corrected chi connectivity index (χ2v) is 17.3. The van der Waals surface area contributed by atoms with Crippen molar-refractivity contribution < 1.29 is 82.8 Å². The molecular formula is C45H68N10O17. The zero-order chi connectivity index (χ0) is 55.2. The number of primary amides is 1. The van der Waals surface area contributed by atoms with Gasteiger partial charge in [0, 0.05) is 19.8 Å². The Morgan fingerprint density at radius 1 is 0.472 bits per heavy atom. The monoisotopic (exact) mass is 1020 g/mol. The molecule has 0 spiro atoms. The lowest BCUT2D eigenvalue weighted by atomic mass is 9.96. The Hall–Kier alpha value is -7.87. The van der Waals surface area contributed by atoms with Crippen LogP contribution in [0.15, 0.2) is 24.3 Å². The van der Waals surface area contributed by atoms with Crippen molar-refractivity contribution in [1.29, 1.82) is 0 Å². The van der Waals surface area contributed by atoms with E-state index in [1.54, 1.807) is 27.7 Å². The molecule has 0 aliphatic heterocycles. The molecule has 1 rings (SSSR count). The topological polar surface area (TPSA) is 437 Å². The standard InChI is InChI=1S/C45H68N10O17/c1-9-20(3)35(54-39(66)24(7)48-38(65)23(6)49-40(67)28(50-25(8)56)15-16-32(58)59)44(71)53-31(19-34(62)63)42(69)51-29(17-26-11-13-27(57)14-12-26)43(70)55-36(21(4)10-2)45(72)52-30(18-33(60)61)41(68)47-22(5)37(46)64/h11-14,20-24,28-31,35-36,57H,9-10,15-19H2,1-8H3,(H2,46,64)(H,47,68)(H,48,65)(H,49,67)(H,50,56)(H,51,69)(H,52,72)(H,53,71)(H,54,66)(H,55,70)(H,58,59)(H,60,61)(H,62,63)/t20-,21-,22-,23-,24-,28-,29-,30-,31-,35-,36-/m0/s1. The number of aliphatic carboxylic acids is 3. The summed E-state index contributed by atoms with van der Waals surface area (Å²) in [6, 6.07) is -8.19. The van der Waals surface area contributed by atoms with E-state index >= 15 is 0 Å². The lowest BCUT2D eigenvalue weighted by Gasteiger charge is -2.30. The summed E-state index contributed by atoms with van der Waals surface area (Å²) in [5.41, 5.74) is 5.54. The smallest absolute Gasteiger partial charge is 0.305 e. The molecule has 27 heteroatoms. The van der Waals surface area contributed by atoms with Gasteiger partial charge in [-0.15, -0.1) is 0 Å². The quantitative estimate of drug-likeness (QED) is 0.0348. The molecule has 11 atom stereocenters. The van der Waals surface area contributed by atoms with Gasteiger partial charge < -0.3 is 74.0 Å². The van der Waals surface area contributed by atoms with Crippen LogP contribution in [0.5, 0.6) is 5.75 Å². The zero-order valence-corrected chi connectivity index (χ0v) is 41.3. The molecule has 15 N–H and O–H groups in total. The molecule has 1 aromatic carbocycles. The summed E-state index contributed by atoms with van der Waals surface area (Å²) in [6.07, 6.45) is -2.65. The fourth-order valence-corrected chi connectivity index (χ4v) is 6.53. The number of benzene rings is 1. The molecule has 0 bridgehead atoms. The van der Waals surface area contributed by atoms with Crippen molar-refractivity contribution >= 4 is 77.0 Å². The minimum atomic E-state index is -1.92. The van der Waals surface area contributed by atoms with E-state index in [1.165, 1.54) is 45.0 Å². The summed E-state index contributed by atoms with van der Waals surface area (Å²) in [5, 5.41) is 59.3. The SMILES string of the molecule is CC[C@H](C)[C@H](NC(=O)[C@H](C)NC(=O)[C@H](C)NC(=O)[C@H](CCC(=O)O)NC(C)=O)C(=O)N[C@@H](CC(=O)O)C(=O)N[C@@H](Cc1ccc(O)cc1)C(=O)N[C@H](C(=O)N[C@@H](CC(=O)O)C(=O)N[C@@H](C)C(N)=O)[C@@H](C)CC. The third kappa shape index (κ3) is 21.8. The highest BCUT2D eigenvalue weighted by Crippen LogP contribution is 2.15. The molecule has 0 aliphatic carbocycles. The van der Waals surface area contributed by atoms with Gasteiger partial charge >= 0.3 is 17.9 Å². The van der Waals surface area contributed by atoms with E-state index in [4.69, 9.17) is 10.8 Å². The van der Waals surface area contributed by atoms with Crippen molar-refractivity contribution in [3.05, 3.63) is 29.8 Å². The highest BCUT2D eigenvalue weighted by Gasteiger charge is 2.37. The minimum Gasteiger partial charge on any atom is -0.508 e. The maximum atomic E-state index is 14.2. The summed E-state index contributed by atoms with van der Waals surface area (Å²) in [6.45, 7) is 11.2. The molecule has 0 aliphatic rings. The Labute approximate surface area is 414 Å². The molecule has 0 heterocycles. The van der Waals surface area contributed by atoms with Gasteiger partial charge in [0.15, 0.2) is 0 Å². The van der Waals surface area contributed by atoms with Crippen LogP contribution in [-0.4, -0.2) is 152 Å². The Morgan fingerprint density at radius 3 is 1.26 bits per heavy atom. The third-order valence-corrected chi connectivity index (χ3v) is 11.2. The molecule has 27 nitrogen and oxygen atoms in total. The van der Waals surface area contributed by atoms with Gasteiger partial charge in [0.05, 0.1) is 12.8 Å². The second kappa shape index (κ2) is 30.0. The van der Waals surface area contributed by atoms with Gasteiger partial charge in [0.2, 0.25) is 59.1 Å². The summed E-state index contributed by atoms with van der Waals surface area (Å²) >= 11 is 0. The van der Waals surface area contributed by atoms with Crippen LogP contribution in [0.25, 0.3) is 0 Å². The summed E-state index contributed by atoms with van der Waals surface area (Å²) in [7, 11) is 0. The molecule has 0 fully saturated rings. The first kappa shape index (κ1) is 62.1. The van der Waals surface area contributed by atoms with Crippen molar-refractivity contribution in [2.45, 2.75) is 155 Å². The zero-order valence-electron chi connectivity index (χ0n) is 41.3. The van der Waals surface area contributed by atoms with Crippen LogP contribution in [0.1, 0.15) is 99.5 Å². The number of hydrogen-bond donors (Lipinski definition) is 14. The van der Waals surface area contributed by atoms with Crippen LogP contribution in [0.3, 0.4) is 0 Å². The number of carboxylic acids is 3. The average Bonchev–Trinajstić information content (AvgIpc) is 3.29. The lowest BCUT2D eigenvalue weighted by Crippen LogP contribution is -2.62. The van der Waals surface area contributed by atoms with E-state index in [9.17, 15) is 77.6 Å². The number of nitrogens with one attached hydrogen (secondary N) is 9. The van der Waals surface area contributed by atoms with Crippen LogP contribution in [0.2, 0.25) is 0 Å². The molecule has 0 aromatic heterocycles. The van der Waals surface area contributed by atoms with Crippen molar-refractivity contribution in [3.8, 4) is 5.75 Å². The molecule has 0 saturated carbocycles. The lowest BCUT2D eigenvalue weighted by molar-refractivity contribution is -0.142. The van der Waals surface area contributed by atoms with Crippen molar-refractivity contribution in [3.63, 3.8) is 0 Å². The Kier molecular flexibility index (Phi) is 25.9. The predicted octanol–water partition coefficient (Wildman–Crippen LogP) is -3.23. The van der Waals surface area contributed by atoms with Crippen LogP contribution in [-0.2, 0) is 68.7 Å². The molecule has 1 aromatic rings. The first-order valence-electron chi connectivity index (χ1n) is 22.9. The second-order valence-electron chi connectivity index (χ2n) is 17.3. The molecule has 10 amide bonds. The van der Waals surface area contributed by atoms with Gasteiger partial charge in [-0.1, -0.05) is 52.7 Å². The van der Waals surface area contributed by atoms with E-state index in [-0.39, 0.29) is 31.4 Å². The van der Waals surface area contributed by atoms with E-state index in [2.05, 4.69) is 47.9 Å². The predicted molar refractivity (Wildman–Crippen MR) is 251 cm³/mol. The highest BCUT2D eigenvalue weighted by molar-refractivity contribution is 5.99. The van der Waals surface area contributed by atoms with Crippen molar-refractivity contribution in [1.82, 2.24) is 47.9 Å². The van der Waals surface area contributed by atoms with E-state index in [1.807, 2.05) is 0 Å². The highest BCUT2D eigenvalue weighted by atomic mass is 16.4. The van der Waals surface area contributed by atoms with Crippen LogP contribution < -0.4 is 53.6 Å². The number of phenols is 1. The molecule has 400 valence electrons. The number of amides is 10. The van der Waals surface area contributed by atoms with Gasteiger partial charge in [0.1, 0.15) is 60.1 Å². The third-order valence-electron chi connectivity index (χ3n) is 11.2. The molecular weight excluding hydrogens is 953 g/mol. The summed E-state index contributed by atoms with van der Waals surface area (Å²) < 4.78 is 0. The van der Waals surface area contributed by atoms with Crippen LogP contribution >= 0.6 is 0 Å². The van der Waals surface area contributed by atoms with Gasteiger partial charge in [-0.05, 0) is 56.7 Å². The van der Waals surface area contributed by atoms with Gasteiger partial charge in [-0.2, -0.15) is 0 Å². The number of carbonyl (C=O) groups is 13. The van der Waals surface area contributed by atoms with E-state index < -0.39 is 162 Å². The first-order valence-corrected chi connectivity index (χ1v) is 22.9. The fraction of sp³-hybridized carbons (Fsp3) is 0.578. The minimum absolute atomic E-state index is 0.158. The maximum Gasteiger partial charge on any atom is 0.305 e. The number of aromatic hydroxyl groups is 1. The summed E-state index contributed by atoms with van der Waals surface area (Å²) in [4.78, 5) is 166. The first-order chi connectivity index (χ1) is 33.5. The molecule has 0 unspecified atom stereocenters. The number of phenolic OH excluding ortho intramolecular Hbond substituents is 1. The Balaban J connectivity index is 3.44. The Morgan fingerprint density at radius 2 is 0.847 bits per heavy atom. The number of rotatable bonds is 31. The van der Waals surface area contributed by atoms with Gasteiger partial charge in [-0.25, -0.2) is 0 Å². The maximum absolute atomic E-state index is 14.2. The normalized spacial score (nSPS) is 15.4. The number of carbonyl (C=O) groups excluding carboxylic acids is 10. The number of nitrogens with two attached hydrogens (primary N) is 1. The number of carboxylic acid groups (broad SMARTS) is 3. The van der Waals surface area contributed by atoms with E-state index in [0.29, 0.717) is 5.56 Å². The molecule has 0 saturated heterocycles. The van der Waals surface area contributed by atoms with E-state index in [0.717, 1.165) is 6.92 Å². The Bertz CT molecular complexity index is 2160. The summed E-state index contributed by atoms with van der Waals surface area (Å²) in [5.74, 6) is -15.6. The van der Waals surface area contributed by atoms with Gasteiger partial charge in [-0.3, -0.25) is 62.3 Å². The van der Waals surface area contributed by atoms with Crippen LogP contribution in [0.4, 0.5) is 0 Å². The largest absolute Gasteiger partial charge is 0.508 e. The number of hydrogen-bond acceptors (Lipinski definition) is 14. The van der Waals surface area contributed by atoms with Crippen LogP contribution in [0, 0.1) is 11.8 Å². The average molecular weight is 1020 g/mol.